The van der Waals surface area contributed by atoms with Gasteiger partial charge >= 0.3 is 0 Å². The highest BCUT2D eigenvalue weighted by Crippen LogP contribution is 2.44. The van der Waals surface area contributed by atoms with Crippen molar-refractivity contribution in [2.45, 2.75) is 51.5 Å². The fourth-order valence-corrected chi connectivity index (χ4v) is 4.68. The molecule has 1 N–H and O–H groups in total. The van der Waals surface area contributed by atoms with E-state index >= 15 is 0 Å². The van der Waals surface area contributed by atoms with E-state index in [0.29, 0.717) is 46.0 Å². The number of pyridine rings is 1. The summed E-state index contributed by atoms with van der Waals surface area (Å²) in [7, 11) is 0. The molecule has 3 heterocycles. The van der Waals surface area contributed by atoms with Crippen molar-refractivity contribution in [3.05, 3.63) is 46.1 Å². The minimum atomic E-state index is -0.970. The minimum Gasteiger partial charge on any atom is -0.488 e. The Morgan fingerprint density at radius 3 is 2.90 bits per heavy atom. The highest BCUT2D eigenvalue weighted by molar-refractivity contribution is 6.31. The first-order valence-corrected chi connectivity index (χ1v) is 10.4. The molecular weight excluding hydrogens is 408 g/mol. The van der Waals surface area contributed by atoms with Crippen molar-refractivity contribution < 1.29 is 24.1 Å². The predicted octanol–water partition coefficient (Wildman–Crippen LogP) is 3.55. The molecule has 5 rings (SSSR count). The largest absolute Gasteiger partial charge is 0.488 e. The molecule has 2 aromatic rings. The van der Waals surface area contributed by atoms with Crippen LogP contribution in [0.2, 0.25) is 5.02 Å². The number of aliphatic hydroxyl groups is 1. The van der Waals surface area contributed by atoms with E-state index in [9.17, 15) is 9.90 Å². The number of halogens is 1. The number of fused-ring (bicyclic) bond motifs is 2. The van der Waals surface area contributed by atoms with E-state index in [0.717, 1.165) is 18.4 Å². The van der Waals surface area contributed by atoms with E-state index in [1.165, 1.54) is 6.20 Å². The Hall–Kier alpha value is -2.51. The van der Waals surface area contributed by atoms with E-state index in [-0.39, 0.29) is 25.3 Å². The third-order valence-corrected chi connectivity index (χ3v) is 6.20. The molecule has 0 radical (unpaired) electrons. The van der Waals surface area contributed by atoms with Crippen LogP contribution in [0.15, 0.2) is 24.4 Å². The molecule has 2 aliphatic heterocycles. The third kappa shape index (κ3) is 3.26. The second kappa shape index (κ2) is 7.03. The second-order valence-corrected chi connectivity index (χ2v) is 8.98. The van der Waals surface area contributed by atoms with Crippen LogP contribution in [0.25, 0.3) is 0 Å². The SMILES string of the molecule is CC(C)(O)[C@H](C1CC1)N1Cc2cccc(OCc3c(Cl)cnc4c3OCO4)c2C1=O. The van der Waals surface area contributed by atoms with Gasteiger partial charge in [0.2, 0.25) is 6.79 Å². The number of carbonyl (C=O) groups excluding carboxylic acids is 1. The Labute approximate surface area is 179 Å². The van der Waals surface area contributed by atoms with Gasteiger partial charge in [0, 0.05) is 6.54 Å². The van der Waals surface area contributed by atoms with Gasteiger partial charge < -0.3 is 24.2 Å². The lowest BCUT2D eigenvalue weighted by Crippen LogP contribution is -2.51. The highest BCUT2D eigenvalue weighted by Gasteiger charge is 2.48. The lowest BCUT2D eigenvalue weighted by atomic mass is 9.93. The zero-order chi connectivity index (χ0) is 21.0. The first-order chi connectivity index (χ1) is 14.3. The van der Waals surface area contributed by atoms with Crippen LogP contribution in [0.4, 0.5) is 0 Å². The molecule has 158 valence electrons. The van der Waals surface area contributed by atoms with Gasteiger partial charge in [-0.05, 0) is 44.2 Å². The Kier molecular flexibility index (Phi) is 4.56. The predicted molar refractivity (Wildman–Crippen MR) is 109 cm³/mol. The third-order valence-electron chi connectivity index (χ3n) is 5.88. The summed E-state index contributed by atoms with van der Waals surface area (Å²) in [5.41, 5.74) is 1.11. The zero-order valence-corrected chi connectivity index (χ0v) is 17.6. The van der Waals surface area contributed by atoms with Crippen LogP contribution in [0, 0.1) is 5.92 Å². The number of hydrogen-bond donors (Lipinski definition) is 1. The lowest BCUT2D eigenvalue weighted by molar-refractivity contribution is -0.0224. The summed E-state index contributed by atoms with van der Waals surface area (Å²) >= 11 is 6.30. The topological polar surface area (TPSA) is 81.1 Å². The van der Waals surface area contributed by atoms with Crippen LogP contribution in [0.3, 0.4) is 0 Å². The van der Waals surface area contributed by atoms with E-state index in [4.69, 9.17) is 25.8 Å². The Morgan fingerprint density at radius 1 is 1.37 bits per heavy atom. The minimum absolute atomic E-state index is 0.0867. The molecule has 0 unspecified atom stereocenters. The molecule has 1 atom stereocenters. The van der Waals surface area contributed by atoms with Gasteiger partial charge in [-0.15, -0.1) is 0 Å². The second-order valence-electron chi connectivity index (χ2n) is 8.57. The number of carbonyl (C=O) groups is 1. The van der Waals surface area contributed by atoms with Crippen molar-refractivity contribution in [2.24, 2.45) is 5.92 Å². The van der Waals surface area contributed by atoms with Crippen LogP contribution in [-0.4, -0.2) is 39.3 Å². The summed E-state index contributed by atoms with van der Waals surface area (Å²) in [6.45, 7) is 4.23. The maximum absolute atomic E-state index is 13.4. The first kappa shape index (κ1) is 19.5. The van der Waals surface area contributed by atoms with Crippen LogP contribution < -0.4 is 14.2 Å². The summed E-state index contributed by atoms with van der Waals surface area (Å²) in [6.07, 6.45) is 3.57. The molecule has 1 aromatic heterocycles. The average Bonchev–Trinajstić information content (AvgIpc) is 3.29. The van der Waals surface area contributed by atoms with Crippen molar-refractivity contribution in [3.63, 3.8) is 0 Å². The molecule has 0 bridgehead atoms. The van der Waals surface area contributed by atoms with Crippen molar-refractivity contribution in [3.8, 4) is 17.4 Å². The van der Waals surface area contributed by atoms with Gasteiger partial charge in [-0.2, -0.15) is 0 Å². The Morgan fingerprint density at radius 2 is 2.17 bits per heavy atom. The fourth-order valence-electron chi connectivity index (χ4n) is 4.49. The quantitative estimate of drug-likeness (QED) is 0.754. The van der Waals surface area contributed by atoms with Gasteiger partial charge in [0.05, 0.1) is 34.0 Å². The van der Waals surface area contributed by atoms with Crippen LogP contribution in [-0.2, 0) is 13.2 Å². The molecule has 1 amide bonds. The van der Waals surface area contributed by atoms with Gasteiger partial charge in [-0.25, -0.2) is 4.98 Å². The molecule has 3 aliphatic rings. The van der Waals surface area contributed by atoms with Crippen molar-refractivity contribution >= 4 is 17.5 Å². The van der Waals surface area contributed by atoms with Crippen LogP contribution in [0.5, 0.6) is 17.4 Å². The zero-order valence-electron chi connectivity index (χ0n) is 16.9. The summed E-state index contributed by atoms with van der Waals surface area (Å²) in [5, 5.41) is 11.1. The molecule has 0 saturated heterocycles. The molecule has 1 fully saturated rings. The average molecular weight is 431 g/mol. The number of aromatic nitrogens is 1. The summed E-state index contributed by atoms with van der Waals surface area (Å²) in [6, 6.07) is 5.37. The lowest BCUT2D eigenvalue weighted by Gasteiger charge is -2.37. The number of amides is 1. The smallest absolute Gasteiger partial charge is 0.260 e. The maximum Gasteiger partial charge on any atom is 0.260 e. The van der Waals surface area contributed by atoms with Crippen molar-refractivity contribution in [1.82, 2.24) is 9.88 Å². The first-order valence-electron chi connectivity index (χ1n) is 10.1. The number of benzene rings is 1. The summed E-state index contributed by atoms with van der Waals surface area (Å²) in [5.74, 6) is 1.58. The van der Waals surface area contributed by atoms with Gasteiger partial charge in [0.15, 0.2) is 5.75 Å². The monoisotopic (exact) mass is 430 g/mol. The maximum atomic E-state index is 13.4. The molecule has 7 nitrogen and oxygen atoms in total. The molecular formula is C22H23ClN2O5. The van der Waals surface area contributed by atoms with Crippen molar-refractivity contribution in [1.29, 1.82) is 0 Å². The molecule has 8 heteroatoms. The standard InChI is InChI=1S/C22H23ClN2O5/c1-22(2,27)19(12-6-7-12)25-9-13-4-3-5-16(17(13)21(25)26)28-10-14-15(23)8-24-20-18(14)29-11-30-20/h3-5,8,12,19,27H,6-7,9-11H2,1-2H3/t19-/m0/s1. The number of nitrogens with zero attached hydrogens (tertiary/aromatic N) is 2. The number of rotatable bonds is 6. The van der Waals surface area contributed by atoms with Gasteiger partial charge in [-0.3, -0.25) is 4.79 Å². The molecule has 1 saturated carbocycles. The van der Waals surface area contributed by atoms with E-state index in [1.807, 2.05) is 12.1 Å². The molecule has 30 heavy (non-hydrogen) atoms. The van der Waals surface area contributed by atoms with E-state index in [1.54, 1.807) is 24.8 Å². The summed E-state index contributed by atoms with van der Waals surface area (Å²) < 4.78 is 16.8. The normalized spacial score (nSPS) is 18.5. The Bertz CT molecular complexity index is 1020. The van der Waals surface area contributed by atoms with Crippen LogP contribution >= 0.6 is 11.6 Å². The molecule has 0 spiro atoms. The van der Waals surface area contributed by atoms with Gasteiger partial charge in [0.25, 0.3) is 11.8 Å². The summed E-state index contributed by atoms with van der Waals surface area (Å²) in [4.78, 5) is 19.3. The molecule has 1 aliphatic carbocycles. The Balaban J connectivity index is 1.42. The number of hydrogen-bond acceptors (Lipinski definition) is 6. The van der Waals surface area contributed by atoms with Crippen molar-refractivity contribution in [2.75, 3.05) is 6.79 Å². The van der Waals surface area contributed by atoms with Crippen LogP contribution in [0.1, 0.15) is 48.2 Å². The molecule has 1 aromatic carbocycles. The van der Waals surface area contributed by atoms with Gasteiger partial charge in [0.1, 0.15) is 12.4 Å². The fraction of sp³-hybridized carbons (Fsp3) is 0.455. The van der Waals surface area contributed by atoms with E-state index < -0.39 is 5.60 Å². The van der Waals surface area contributed by atoms with E-state index in [2.05, 4.69) is 4.98 Å². The number of ether oxygens (including phenoxy) is 3. The highest BCUT2D eigenvalue weighted by atomic mass is 35.5. The van der Waals surface area contributed by atoms with Gasteiger partial charge in [-0.1, -0.05) is 23.7 Å².